The summed E-state index contributed by atoms with van der Waals surface area (Å²) in [6.45, 7) is 2.23. The lowest BCUT2D eigenvalue weighted by atomic mass is 10.1. The standard InChI is InChI=1S/C27H20FN3O3S2/c1-17-8-7-14-30-23(17)29-24(34-21-12-6-5-11-20(21)28)19(25(30)32)16-22-26(33)31(27(35)36-22)15-13-18-9-3-2-4-10-18/h2-12,14,16H,13,15H2,1H3/b22-16+. The minimum absolute atomic E-state index is 0.0323. The highest BCUT2D eigenvalue weighted by atomic mass is 32.2. The summed E-state index contributed by atoms with van der Waals surface area (Å²) in [5.41, 5.74) is 1.80. The Morgan fingerprint density at radius 2 is 1.81 bits per heavy atom. The number of fused-ring (bicyclic) bond motifs is 1. The summed E-state index contributed by atoms with van der Waals surface area (Å²) in [5.74, 6) is -1.06. The molecule has 0 saturated carbocycles. The lowest BCUT2D eigenvalue weighted by Gasteiger charge is -2.14. The molecule has 1 saturated heterocycles. The van der Waals surface area contributed by atoms with Crippen molar-refractivity contribution < 1.29 is 13.9 Å². The maximum absolute atomic E-state index is 14.4. The summed E-state index contributed by atoms with van der Waals surface area (Å²) in [4.78, 5) is 33.0. The lowest BCUT2D eigenvalue weighted by Crippen LogP contribution is -2.30. The third-order valence-electron chi connectivity index (χ3n) is 5.71. The Morgan fingerprint density at radius 1 is 1.06 bits per heavy atom. The fraction of sp³-hybridized carbons (Fsp3) is 0.111. The van der Waals surface area contributed by atoms with Crippen molar-refractivity contribution in [3.8, 4) is 11.6 Å². The van der Waals surface area contributed by atoms with Crippen LogP contribution in [-0.4, -0.2) is 31.1 Å². The molecule has 4 aromatic rings. The Morgan fingerprint density at radius 3 is 2.58 bits per heavy atom. The van der Waals surface area contributed by atoms with Crippen LogP contribution < -0.4 is 10.3 Å². The number of thiocarbonyl (C=S) groups is 1. The van der Waals surface area contributed by atoms with Gasteiger partial charge in [-0.15, -0.1) is 0 Å². The van der Waals surface area contributed by atoms with Crippen LogP contribution in [0.5, 0.6) is 11.6 Å². The SMILES string of the molecule is Cc1cccn2c(=O)c(/C=C3/SC(=S)N(CCc4ccccc4)C3=O)c(Oc3ccccc3F)nc12. The second-order valence-corrected chi connectivity index (χ2v) is 9.80. The number of carbonyl (C=O) groups is 1. The van der Waals surface area contributed by atoms with Crippen LogP contribution in [0.4, 0.5) is 4.39 Å². The van der Waals surface area contributed by atoms with Gasteiger partial charge in [-0.3, -0.25) is 18.9 Å². The molecule has 36 heavy (non-hydrogen) atoms. The van der Waals surface area contributed by atoms with E-state index in [0.29, 0.717) is 22.9 Å². The van der Waals surface area contributed by atoms with Gasteiger partial charge in [0.25, 0.3) is 11.5 Å². The maximum atomic E-state index is 14.4. The van der Waals surface area contributed by atoms with Gasteiger partial charge in [-0.2, -0.15) is 4.98 Å². The van der Waals surface area contributed by atoms with E-state index in [9.17, 15) is 14.0 Å². The van der Waals surface area contributed by atoms with E-state index < -0.39 is 11.4 Å². The van der Waals surface area contributed by atoms with Gasteiger partial charge in [0, 0.05) is 12.7 Å². The number of carbonyl (C=O) groups excluding carboxylic acids is 1. The van der Waals surface area contributed by atoms with E-state index >= 15 is 0 Å². The van der Waals surface area contributed by atoms with Crippen LogP contribution in [0.25, 0.3) is 11.7 Å². The number of benzene rings is 2. The fourth-order valence-electron chi connectivity index (χ4n) is 3.83. The number of para-hydroxylation sites is 1. The van der Waals surface area contributed by atoms with Crippen molar-refractivity contribution in [1.82, 2.24) is 14.3 Å². The van der Waals surface area contributed by atoms with Crippen molar-refractivity contribution in [3.63, 3.8) is 0 Å². The first-order valence-electron chi connectivity index (χ1n) is 11.2. The normalized spacial score (nSPS) is 14.7. The van der Waals surface area contributed by atoms with Gasteiger partial charge in [0.2, 0.25) is 5.88 Å². The minimum Gasteiger partial charge on any atom is -0.435 e. The molecule has 0 unspecified atom stereocenters. The molecule has 9 heteroatoms. The predicted molar refractivity (Wildman–Crippen MR) is 143 cm³/mol. The number of halogens is 1. The second-order valence-electron chi connectivity index (χ2n) is 8.12. The number of hydrogen-bond donors (Lipinski definition) is 0. The van der Waals surface area contributed by atoms with E-state index in [1.165, 1.54) is 33.6 Å². The molecular formula is C27H20FN3O3S2. The molecule has 0 bridgehead atoms. The average Bonchev–Trinajstić information content (AvgIpc) is 3.14. The monoisotopic (exact) mass is 517 g/mol. The third-order valence-corrected chi connectivity index (χ3v) is 7.09. The molecule has 3 heterocycles. The average molecular weight is 518 g/mol. The predicted octanol–water partition coefficient (Wildman–Crippen LogP) is 5.38. The number of nitrogens with zero attached hydrogens (tertiary/aromatic N) is 3. The summed E-state index contributed by atoms with van der Waals surface area (Å²) >= 11 is 6.57. The Kier molecular flexibility index (Phi) is 6.67. The highest BCUT2D eigenvalue weighted by Gasteiger charge is 2.32. The first-order valence-corrected chi connectivity index (χ1v) is 12.4. The molecule has 5 rings (SSSR count). The first kappa shape index (κ1) is 23.9. The van der Waals surface area contributed by atoms with E-state index in [1.807, 2.05) is 43.3 Å². The number of aromatic nitrogens is 2. The van der Waals surface area contributed by atoms with Crippen molar-refractivity contribution >= 4 is 45.9 Å². The van der Waals surface area contributed by atoms with E-state index in [2.05, 4.69) is 4.98 Å². The van der Waals surface area contributed by atoms with Crippen LogP contribution in [0.2, 0.25) is 0 Å². The zero-order valence-corrected chi connectivity index (χ0v) is 20.8. The Balaban J connectivity index is 1.54. The van der Waals surface area contributed by atoms with Crippen molar-refractivity contribution in [3.05, 3.63) is 111 Å². The number of amides is 1. The number of pyridine rings is 1. The second kappa shape index (κ2) is 10.0. The Labute approximate surface area is 216 Å². The van der Waals surface area contributed by atoms with Gasteiger partial charge in [-0.05, 0) is 48.7 Å². The lowest BCUT2D eigenvalue weighted by molar-refractivity contribution is -0.122. The van der Waals surface area contributed by atoms with Gasteiger partial charge in [0.1, 0.15) is 15.5 Å². The van der Waals surface area contributed by atoms with Crippen LogP contribution in [0, 0.1) is 12.7 Å². The molecule has 180 valence electrons. The molecule has 1 amide bonds. The summed E-state index contributed by atoms with van der Waals surface area (Å²) in [6, 6.07) is 19.2. The molecule has 2 aromatic carbocycles. The van der Waals surface area contributed by atoms with Crippen LogP contribution in [0.3, 0.4) is 0 Å². The summed E-state index contributed by atoms with van der Waals surface area (Å²) in [6.07, 6.45) is 3.66. The van der Waals surface area contributed by atoms with Crippen LogP contribution in [-0.2, 0) is 11.2 Å². The van der Waals surface area contributed by atoms with E-state index in [1.54, 1.807) is 18.3 Å². The largest absolute Gasteiger partial charge is 0.435 e. The van der Waals surface area contributed by atoms with Gasteiger partial charge in [0.15, 0.2) is 11.6 Å². The van der Waals surface area contributed by atoms with E-state index in [4.69, 9.17) is 17.0 Å². The molecule has 0 N–H and O–H groups in total. The smallest absolute Gasteiger partial charge is 0.269 e. The maximum Gasteiger partial charge on any atom is 0.269 e. The van der Waals surface area contributed by atoms with Crippen LogP contribution in [0.1, 0.15) is 16.7 Å². The van der Waals surface area contributed by atoms with Gasteiger partial charge < -0.3 is 4.74 Å². The van der Waals surface area contributed by atoms with Crippen molar-refractivity contribution in [2.24, 2.45) is 0 Å². The Bertz CT molecular complexity index is 1580. The molecule has 2 aromatic heterocycles. The zero-order chi connectivity index (χ0) is 25.2. The number of hydrogen-bond acceptors (Lipinski definition) is 6. The van der Waals surface area contributed by atoms with Crippen molar-refractivity contribution in [1.29, 1.82) is 0 Å². The fourth-order valence-corrected chi connectivity index (χ4v) is 5.12. The third kappa shape index (κ3) is 4.67. The first-order chi connectivity index (χ1) is 17.4. The number of rotatable bonds is 6. The molecule has 0 spiro atoms. The summed E-state index contributed by atoms with van der Waals surface area (Å²) in [5, 5.41) is 0. The molecule has 0 atom stereocenters. The summed E-state index contributed by atoms with van der Waals surface area (Å²) < 4.78 is 21.9. The molecule has 6 nitrogen and oxygen atoms in total. The molecule has 0 aliphatic carbocycles. The number of aryl methyl sites for hydroxylation is 1. The molecule has 0 radical (unpaired) electrons. The van der Waals surface area contributed by atoms with Crippen molar-refractivity contribution in [2.75, 3.05) is 6.54 Å². The molecular weight excluding hydrogens is 497 g/mol. The quantitative estimate of drug-likeness (QED) is 0.253. The van der Waals surface area contributed by atoms with Gasteiger partial charge in [0.05, 0.1) is 4.91 Å². The van der Waals surface area contributed by atoms with E-state index in [0.717, 1.165) is 22.9 Å². The van der Waals surface area contributed by atoms with E-state index in [-0.39, 0.29) is 28.0 Å². The molecule has 1 fully saturated rings. The molecule has 1 aliphatic rings. The van der Waals surface area contributed by atoms with Gasteiger partial charge >= 0.3 is 0 Å². The van der Waals surface area contributed by atoms with Crippen molar-refractivity contribution in [2.45, 2.75) is 13.3 Å². The summed E-state index contributed by atoms with van der Waals surface area (Å²) in [7, 11) is 0. The molecule has 1 aliphatic heterocycles. The highest BCUT2D eigenvalue weighted by Crippen LogP contribution is 2.34. The van der Waals surface area contributed by atoms with Gasteiger partial charge in [-0.25, -0.2) is 4.39 Å². The highest BCUT2D eigenvalue weighted by molar-refractivity contribution is 8.26. The topological polar surface area (TPSA) is 63.9 Å². The van der Waals surface area contributed by atoms with Crippen LogP contribution >= 0.6 is 24.0 Å². The minimum atomic E-state index is -0.595. The Hall–Kier alpha value is -3.82. The number of thioether (sulfide) groups is 1. The van der Waals surface area contributed by atoms with Gasteiger partial charge in [-0.1, -0.05) is 72.5 Å². The number of ether oxygens (including phenoxy) is 1. The zero-order valence-electron chi connectivity index (χ0n) is 19.2. The van der Waals surface area contributed by atoms with Crippen LogP contribution in [0.15, 0.2) is 82.6 Å².